The summed E-state index contributed by atoms with van der Waals surface area (Å²) in [6.45, 7) is -0.330. The lowest BCUT2D eigenvalue weighted by Gasteiger charge is -2.30. The van der Waals surface area contributed by atoms with Gasteiger partial charge in [-0.15, -0.1) is 0 Å². The summed E-state index contributed by atoms with van der Waals surface area (Å²) in [5.41, 5.74) is -0.0563. The Bertz CT molecular complexity index is 1720. The number of benzene rings is 2. The molecule has 4 heterocycles. The molecule has 3 unspecified atom stereocenters. The summed E-state index contributed by atoms with van der Waals surface area (Å²) >= 11 is 1.85. The van der Waals surface area contributed by atoms with Crippen molar-refractivity contribution in [2.75, 3.05) is 10.2 Å². The number of rotatable bonds is 5. The first-order valence-corrected chi connectivity index (χ1v) is 14.0. The number of thiazole rings is 1. The van der Waals surface area contributed by atoms with Gasteiger partial charge in [0.05, 0.1) is 22.2 Å². The monoisotopic (exact) mass is 596 g/mol. The highest BCUT2D eigenvalue weighted by Crippen LogP contribution is 2.53. The SMILES string of the molecule is O=C(Cn1c2c(sc1=O)C(c1cccnc1)C1C(=O)N(c3cccc(C(F)(F)F)c3)C(=O)C1S2)Nc1ccccc1. The molecule has 0 spiro atoms. The number of hydrogen-bond acceptors (Lipinski definition) is 7. The van der Waals surface area contributed by atoms with Gasteiger partial charge in [-0.3, -0.25) is 28.7 Å². The predicted octanol–water partition coefficient (Wildman–Crippen LogP) is 4.76. The summed E-state index contributed by atoms with van der Waals surface area (Å²) < 4.78 is 41.6. The van der Waals surface area contributed by atoms with E-state index in [1.165, 1.54) is 23.0 Å². The van der Waals surface area contributed by atoms with Gasteiger partial charge in [0.15, 0.2) is 0 Å². The number of nitrogens with zero attached hydrogens (tertiary/aromatic N) is 3. The Balaban J connectivity index is 1.41. The van der Waals surface area contributed by atoms with Crippen molar-refractivity contribution in [3.05, 3.63) is 105 Å². The maximum atomic E-state index is 13.8. The molecule has 0 radical (unpaired) electrons. The molecule has 2 aliphatic rings. The number of carbonyl (C=O) groups is 3. The fourth-order valence-corrected chi connectivity index (χ4v) is 7.89. The number of alkyl halides is 3. The van der Waals surface area contributed by atoms with Gasteiger partial charge in [0.1, 0.15) is 11.8 Å². The first-order valence-electron chi connectivity index (χ1n) is 12.3. The van der Waals surface area contributed by atoms with E-state index in [9.17, 15) is 32.3 Å². The Morgan fingerprint density at radius 3 is 2.46 bits per heavy atom. The number of pyridine rings is 1. The van der Waals surface area contributed by atoms with Crippen molar-refractivity contribution in [3.8, 4) is 0 Å². The Morgan fingerprint density at radius 2 is 1.76 bits per heavy atom. The van der Waals surface area contributed by atoms with Crippen LogP contribution >= 0.6 is 23.1 Å². The Hall–Kier alpha value is -4.23. The molecule has 0 saturated carbocycles. The van der Waals surface area contributed by atoms with Gasteiger partial charge in [-0.2, -0.15) is 13.2 Å². The maximum absolute atomic E-state index is 13.8. The van der Waals surface area contributed by atoms with Crippen LogP contribution in [-0.2, 0) is 27.1 Å². The van der Waals surface area contributed by atoms with Crippen molar-refractivity contribution in [1.29, 1.82) is 0 Å². The van der Waals surface area contributed by atoms with Gasteiger partial charge in [-0.05, 0) is 42.0 Å². The van der Waals surface area contributed by atoms with Crippen LogP contribution in [0.1, 0.15) is 21.9 Å². The summed E-state index contributed by atoms with van der Waals surface area (Å²) in [4.78, 5) is 58.5. The van der Waals surface area contributed by atoms with Crippen LogP contribution in [0.4, 0.5) is 24.5 Å². The minimum absolute atomic E-state index is 0.183. The lowest BCUT2D eigenvalue weighted by Crippen LogP contribution is -2.33. The molecule has 1 N–H and O–H groups in total. The standard InChI is InChI=1S/C28H19F3N4O4S2/c29-28(30,31)16-7-4-10-18(12-16)35-24(37)21-20(15-6-5-11-32-13-15)23-26(40-22(21)25(35)38)34(27(39)41-23)14-19(36)33-17-8-2-1-3-9-17/h1-13,20-22H,14H2,(H,33,36). The van der Waals surface area contributed by atoms with Crippen molar-refractivity contribution < 1.29 is 27.6 Å². The lowest BCUT2D eigenvalue weighted by molar-refractivity contribution is -0.137. The summed E-state index contributed by atoms with van der Waals surface area (Å²) in [5.74, 6) is -3.58. The van der Waals surface area contributed by atoms with Crippen LogP contribution in [0, 0.1) is 5.92 Å². The van der Waals surface area contributed by atoms with E-state index in [4.69, 9.17) is 0 Å². The Morgan fingerprint density at radius 1 is 0.976 bits per heavy atom. The topological polar surface area (TPSA) is 101 Å². The zero-order valence-electron chi connectivity index (χ0n) is 20.9. The molecule has 0 bridgehead atoms. The molecular formula is C28H19F3N4O4S2. The van der Waals surface area contributed by atoms with E-state index in [0.717, 1.165) is 46.2 Å². The minimum Gasteiger partial charge on any atom is -0.325 e. The third-order valence-corrected chi connectivity index (χ3v) is 9.49. The van der Waals surface area contributed by atoms with Crippen LogP contribution in [0.2, 0.25) is 0 Å². The van der Waals surface area contributed by atoms with E-state index in [1.807, 2.05) is 0 Å². The van der Waals surface area contributed by atoms with Gasteiger partial charge in [0.25, 0.3) is 0 Å². The number of amides is 3. The van der Waals surface area contributed by atoms with Gasteiger partial charge in [-0.1, -0.05) is 53.4 Å². The van der Waals surface area contributed by atoms with E-state index in [2.05, 4.69) is 10.3 Å². The molecular weight excluding hydrogens is 577 g/mol. The molecule has 1 fully saturated rings. The Kier molecular flexibility index (Phi) is 6.78. The molecule has 208 valence electrons. The van der Waals surface area contributed by atoms with E-state index in [1.54, 1.807) is 42.5 Å². The van der Waals surface area contributed by atoms with Crippen molar-refractivity contribution in [1.82, 2.24) is 9.55 Å². The fraction of sp³-hybridized carbons (Fsp3) is 0.179. The van der Waals surface area contributed by atoms with Gasteiger partial charge >= 0.3 is 11.0 Å². The number of fused-ring (bicyclic) bond motifs is 2. The number of anilines is 2. The highest BCUT2D eigenvalue weighted by Gasteiger charge is 2.57. The number of thioether (sulfide) groups is 1. The first kappa shape index (κ1) is 27.0. The summed E-state index contributed by atoms with van der Waals surface area (Å²) in [6, 6.07) is 16.1. The van der Waals surface area contributed by atoms with Crippen LogP contribution < -0.4 is 15.1 Å². The third kappa shape index (κ3) is 4.84. The summed E-state index contributed by atoms with van der Waals surface area (Å²) in [5, 5.41) is 2.06. The van der Waals surface area contributed by atoms with Gasteiger partial charge in [0, 0.05) is 28.9 Å². The third-order valence-electron chi connectivity index (χ3n) is 6.88. The number of nitrogens with one attached hydrogen (secondary N) is 1. The molecule has 3 amide bonds. The van der Waals surface area contributed by atoms with Crippen molar-refractivity contribution in [2.24, 2.45) is 5.92 Å². The average Bonchev–Trinajstić information content (AvgIpc) is 3.39. The smallest absolute Gasteiger partial charge is 0.325 e. The molecule has 8 nitrogen and oxygen atoms in total. The molecule has 1 saturated heterocycles. The van der Waals surface area contributed by atoms with E-state index < -0.39 is 51.4 Å². The van der Waals surface area contributed by atoms with E-state index in [-0.39, 0.29) is 12.2 Å². The largest absolute Gasteiger partial charge is 0.416 e. The second-order valence-electron chi connectivity index (χ2n) is 9.43. The minimum atomic E-state index is -4.66. The van der Waals surface area contributed by atoms with Crippen LogP contribution in [0.5, 0.6) is 0 Å². The van der Waals surface area contributed by atoms with Crippen LogP contribution in [0.3, 0.4) is 0 Å². The molecule has 13 heteroatoms. The predicted molar refractivity (Wildman–Crippen MR) is 147 cm³/mol. The number of halogens is 3. The first-order chi connectivity index (χ1) is 19.6. The average molecular weight is 597 g/mol. The fourth-order valence-electron chi connectivity index (χ4n) is 5.12. The van der Waals surface area contributed by atoms with Gasteiger partial charge in [0.2, 0.25) is 17.7 Å². The molecule has 2 aromatic carbocycles. The molecule has 3 atom stereocenters. The van der Waals surface area contributed by atoms with Crippen molar-refractivity contribution in [2.45, 2.75) is 28.9 Å². The molecule has 0 aliphatic carbocycles. The maximum Gasteiger partial charge on any atom is 0.416 e. The number of imide groups is 1. The summed E-state index contributed by atoms with van der Waals surface area (Å²) in [7, 11) is 0. The number of aromatic nitrogens is 2. The molecule has 6 rings (SSSR count). The second-order valence-corrected chi connectivity index (χ2v) is 11.5. The number of para-hydroxylation sites is 1. The van der Waals surface area contributed by atoms with E-state index >= 15 is 0 Å². The molecule has 2 aromatic heterocycles. The highest BCUT2D eigenvalue weighted by molar-refractivity contribution is 8.00. The second kappa shape index (κ2) is 10.3. The number of carbonyl (C=O) groups excluding carboxylic acids is 3. The highest BCUT2D eigenvalue weighted by atomic mass is 32.2. The van der Waals surface area contributed by atoms with Crippen LogP contribution in [0.25, 0.3) is 0 Å². The summed E-state index contributed by atoms with van der Waals surface area (Å²) in [6.07, 6.45) is -1.59. The molecule has 41 heavy (non-hydrogen) atoms. The van der Waals surface area contributed by atoms with E-state index in [0.29, 0.717) is 21.2 Å². The van der Waals surface area contributed by atoms with Gasteiger partial charge in [-0.25, -0.2) is 4.90 Å². The lowest BCUT2D eigenvalue weighted by atomic mass is 9.84. The molecule has 4 aromatic rings. The quantitative estimate of drug-likeness (QED) is 0.334. The molecule has 2 aliphatic heterocycles. The normalized spacial score (nSPS) is 20.1. The zero-order chi connectivity index (χ0) is 28.9. The van der Waals surface area contributed by atoms with Crippen molar-refractivity contribution in [3.63, 3.8) is 0 Å². The Labute approximate surface area is 238 Å². The zero-order valence-corrected chi connectivity index (χ0v) is 22.5. The van der Waals surface area contributed by atoms with Gasteiger partial charge < -0.3 is 5.32 Å². The van der Waals surface area contributed by atoms with Crippen molar-refractivity contribution >= 4 is 52.2 Å². The van der Waals surface area contributed by atoms with Crippen LogP contribution in [-0.4, -0.2) is 32.5 Å². The number of hydrogen-bond donors (Lipinski definition) is 1. The van der Waals surface area contributed by atoms with Crippen LogP contribution in [0.15, 0.2) is 88.9 Å².